The van der Waals surface area contributed by atoms with Crippen LogP contribution in [0.4, 0.5) is 11.4 Å². The van der Waals surface area contributed by atoms with E-state index < -0.39 is 15.9 Å². The smallest absolute Gasteiger partial charge is 0.276 e. The second-order valence-corrected chi connectivity index (χ2v) is 9.10. The summed E-state index contributed by atoms with van der Waals surface area (Å²) in [6.45, 7) is 5.68. The zero-order valence-electron chi connectivity index (χ0n) is 18.8. The van der Waals surface area contributed by atoms with Crippen LogP contribution in [0.15, 0.2) is 41.4 Å². The van der Waals surface area contributed by atoms with Gasteiger partial charge in [0.25, 0.3) is 15.9 Å². The van der Waals surface area contributed by atoms with Crippen molar-refractivity contribution in [2.75, 3.05) is 17.1 Å². The number of aromatic nitrogens is 3. The van der Waals surface area contributed by atoms with Gasteiger partial charge >= 0.3 is 0 Å². The summed E-state index contributed by atoms with van der Waals surface area (Å²) in [5.74, 6) is -0.536. The van der Waals surface area contributed by atoms with Crippen LogP contribution < -0.4 is 14.8 Å². The molecule has 0 atom stereocenters. The molecule has 0 saturated carbocycles. The topological polar surface area (TPSA) is 115 Å². The molecular weight excluding hydrogens is 430 g/mol. The van der Waals surface area contributed by atoms with Crippen LogP contribution in [0.2, 0.25) is 0 Å². The predicted octanol–water partition coefficient (Wildman–Crippen LogP) is 3.45. The van der Waals surface area contributed by atoms with Gasteiger partial charge in [0, 0.05) is 12.7 Å². The van der Waals surface area contributed by atoms with E-state index in [1.165, 1.54) is 19.4 Å². The predicted molar refractivity (Wildman–Crippen MR) is 123 cm³/mol. The molecule has 170 valence electrons. The zero-order valence-corrected chi connectivity index (χ0v) is 19.6. The number of carbonyl (C=O) groups is 1. The van der Waals surface area contributed by atoms with E-state index in [-0.39, 0.29) is 22.2 Å². The summed E-state index contributed by atoms with van der Waals surface area (Å²) in [7, 11) is -0.929. The number of anilines is 2. The van der Waals surface area contributed by atoms with Gasteiger partial charge in [-0.3, -0.25) is 14.2 Å². The van der Waals surface area contributed by atoms with Crippen LogP contribution >= 0.6 is 0 Å². The lowest BCUT2D eigenvalue weighted by Gasteiger charge is -2.15. The first kappa shape index (κ1) is 23.3. The summed E-state index contributed by atoms with van der Waals surface area (Å²) in [5.41, 5.74) is 3.43. The van der Waals surface area contributed by atoms with E-state index in [2.05, 4.69) is 20.1 Å². The fourth-order valence-corrected chi connectivity index (χ4v) is 4.66. The highest BCUT2D eigenvalue weighted by atomic mass is 32.2. The van der Waals surface area contributed by atoms with Crippen molar-refractivity contribution in [2.45, 2.75) is 38.5 Å². The molecule has 10 heteroatoms. The van der Waals surface area contributed by atoms with Gasteiger partial charge in [-0.05, 0) is 43.5 Å². The van der Waals surface area contributed by atoms with E-state index in [0.29, 0.717) is 5.69 Å². The molecule has 0 aliphatic rings. The first-order valence-electron chi connectivity index (χ1n) is 10.1. The van der Waals surface area contributed by atoms with Crippen molar-refractivity contribution in [3.8, 4) is 5.88 Å². The fraction of sp³-hybridized carbons (Fsp3) is 0.318. The number of sulfonamides is 1. The van der Waals surface area contributed by atoms with Crippen LogP contribution in [0, 0.1) is 13.8 Å². The SMILES string of the molecule is CCCc1cc(C(=O)Nc2cnc(OC)c(S(=O)(=O)Nc3c(C)cccc3C)c2)nn1C. The molecule has 2 aromatic heterocycles. The number of pyridine rings is 1. The van der Waals surface area contributed by atoms with Crippen molar-refractivity contribution in [2.24, 2.45) is 7.05 Å². The molecule has 0 aliphatic heterocycles. The van der Waals surface area contributed by atoms with Crippen molar-refractivity contribution in [1.82, 2.24) is 14.8 Å². The van der Waals surface area contributed by atoms with E-state index in [1.54, 1.807) is 17.8 Å². The number of methoxy groups -OCH3 is 1. The van der Waals surface area contributed by atoms with E-state index in [4.69, 9.17) is 4.74 Å². The number of ether oxygens (including phenoxy) is 1. The standard InChI is InChI=1S/C22H27N5O4S/c1-6-8-17-12-18(25-27(17)4)21(28)24-16-11-19(22(31-5)23-13-16)32(29,30)26-20-14(2)9-7-10-15(20)3/h7,9-13,26H,6,8H2,1-5H3,(H,24,28). The number of nitrogens with one attached hydrogen (secondary N) is 2. The number of aryl methyl sites for hydroxylation is 4. The molecule has 3 aromatic rings. The summed E-state index contributed by atoms with van der Waals surface area (Å²) < 4.78 is 35.7. The van der Waals surface area contributed by atoms with Gasteiger partial charge in [-0.25, -0.2) is 13.4 Å². The number of hydrogen-bond acceptors (Lipinski definition) is 6. The third kappa shape index (κ3) is 4.91. The van der Waals surface area contributed by atoms with Crippen molar-refractivity contribution in [3.63, 3.8) is 0 Å². The second kappa shape index (κ2) is 9.39. The highest BCUT2D eigenvalue weighted by Gasteiger charge is 2.24. The fourth-order valence-electron chi connectivity index (χ4n) is 3.31. The van der Waals surface area contributed by atoms with E-state index in [0.717, 1.165) is 29.7 Å². The molecule has 32 heavy (non-hydrogen) atoms. The van der Waals surface area contributed by atoms with Crippen LogP contribution in [0.1, 0.15) is 40.7 Å². The van der Waals surface area contributed by atoms with Crippen molar-refractivity contribution < 1.29 is 17.9 Å². The molecular formula is C22H27N5O4S. The number of nitrogens with zero attached hydrogens (tertiary/aromatic N) is 3. The molecule has 0 bridgehead atoms. The van der Waals surface area contributed by atoms with E-state index >= 15 is 0 Å². The average Bonchev–Trinajstić information content (AvgIpc) is 3.12. The molecule has 2 N–H and O–H groups in total. The third-order valence-electron chi connectivity index (χ3n) is 4.99. The maximum atomic E-state index is 13.2. The molecule has 0 saturated heterocycles. The number of benzene rings is 1. The Labute approximate surface area is 187 Å². The highest BCUT2D eigenvalue weighted by molar-refractivity contribution is 7.92. The molecule has 1 aromatic carbocycles. The van der Waals surface area contributed by atoms with Gasteiger partial charge in [0.2, 0.25) is 5.88 Å². The van der Waals surface area contributed by atoms with Crippen LogP contribution in [-0.2, 0) is 23.5 Å². The van der Waals surface area contributed by atoms with E-state index in [9.17, 15) is 13.2 Å². The summed E-state index contributed by atoms with van der Waals surface area (Å²) in [6.07, 6.45) is 3.06. The molecule has 0 radical (unpaired) electrons. The number of hydrogen-bond donors (Lipinski definition) is 2. The summed E-state index contributed by atoms with van der Waals surface area (Å²) in [4.78, 5) is 16.5. The Bertz CT molecular complexity index is 1230. The molecule has 1 amide bonds. The van der Waals surface area contributed by atoms with Crippen LogP contribution in [0.25, 0.3) is 0 Å². The Kier molecular flexibility index (Phi) is 6.83. The first-order valence-corrected chi connectivity index (χ1v) is 11.6. The Hall–Kier alpha value is -3.40. The van der Waals surface area contributed by atoms with Crippen LogP contribution in [0.5, 0.6) is 5.88 Å². The monoisotopic (exact) mass is 457 g/mol. The van der Waals surface area contributed by atoms with Gasteiger partial charge in [0.05, 0.1) is 24.7 Å². The summed E-state index contributed by atoms with van der Waals surface area (Å²) in [5, 5.41) is 6.90. The Balaban J connectivity index is 1.91. The number of para-hydroxylation sites is 1. The van der Waals surface area contributed by atoms with Gasteiger partial charge in [0.15, 0.2) is 10.6 Å². The van der Waals surface area contributed by atoms with Crippen LogP contribution in [-0.4, -0.2) is 36.2 Å². The molecule has 0 spiro atoms. The normalized spacial score (nSPS) is 11.3. The van der Waals surface area contributed by atoms with Gasteiger partial charge in [-0.2, -0.15) is 5.10 Å². The lowest BCUT2D eigenvalue weighted by molar-refractivity contribution is 0.102. The summed E-state index contributed by atoms with van der Waals surface area (Å²) in [6, 6.07) is 8.52. The Morgan fingerprint density at radius 1 is 1.19 bits per heavy atom. The van der Waals surface area contributed by atoms with Crippen molar-refractivity contribution >= 4 is 27.3 Å². The molecule has 0 aliphatic carbocycles. The average molecular weight is 458 g/mol. The quantitative estimate of drug-likeness (QED) is 0.535. The van der Waals surface area contributed by atoms with E-state index in [1.807, 2.05) is 39.0 Å². The third-order valence-corrected chi connectivity index (χ3v) is 6.34. The van der Waals surface area contributed by atoms with Gasteiger partial charge in [-0.15, -0.1) is 0 Å². The largest absolute Gasteiger partial charge is 0.480 e. The minimum atomic E-state index is -4.04. The molecule has 0 unspecified atom stereocenters. The Morgan fingerprint density at radius 2 is 1.88 bits per heavy atom. The minimum absolute atomic E-state index is 0.0789. The van der Waals surface area contributed by atoms with Gasteiger partial charge in [0.1, 0.15) is 0 Å². The van der Waals surface area contributed by atoms with Crippen molar-refractivity contribution in [1.29, 1.82) is 0 Å². The number of rotatable bonds is 8. The lowest BCUT2D eigenvalue weighted by Crippen LogP contribution is -2.18. The molecule has 3 rings (SSSR count). The Morgan fingerprint density at radius 3 is 2.50 bits per heavy atom. The van der Waals surface area contributed by atoms with Crippen molar-refractivity contribution in [3.05, 3.63) is 59.0 Å². The van der Waals surface area contributed by atoms with Crippen LogP contribution in [0.3, 0.4) is 0 Å². The maximum Gasteiger partial charge on any atom is 0.276 e. The molecule has 2 heterocycles. The number of amides is 1. The summed E-state index contributed by atoms with van der Waals surface area (Å²) >= 11 is 0. The van der Waals surface area contributed by atoms with Gasteiger partial charge < -0.3 is 10.1 Å². The first-order chi connectivity index (χ1) is 15.2. The zero-order chi connectivity index (χ0) is 23.5. The molecule has 0 fully saturated rings. The van der Waals surface area contributed by atoms with Gasteiger partial charge in [-0.1, -0.05) is 31.5 Å². The highest BCUT2D eigenvalue weighted by Crippen LogP contribution is 2.29. The molecule has 9 nitrogen and oxygen atoms in total. The second-order valence-electron chi connectivity index (χ2n) is 7.45. The minimum Gasteiger partial charge on any atom is -0.480 e. The maximum absolute atomic E-state index is 13.2. The number of carbonyl (C=O) groups excluding carboxylic acids is 1. The lowest BCUT2D eigenvalue weighted by atomic mass is 10.1.